The molecule has 0 spiro atoms. The van der Waals surface area contributed by atoms with Gasteiger partial charge in [-0.15, -0.1) is 0 Å². The molecule has 17 heavy (non-hydrogen) atoms. The molecule has 1 aliphatic rings. The number of hydrogen-bond acceptors (Lipinski definition) is 2. The van der Waals surface area contributed by atoms with Crippen LogP contribution < -0.4 is 0 Å². The van der Waals surface area contributed by atoms with E-state index in [1.807, 2.05) is 0 Å². The summed E-state index contributed by atoms with van der Waals surface area (Å²) in [5.74, 6) is 0. The maximum Gasteiger partial charge on any atom is 0.0739 e. The minimum Gasteiger partial charge on any atom is -0.294 e. The Morgan fingerprint density at radius 3 is 2.88 bits per heavy atom. The number of alkyl halides is 1. The summed E-state index contributed by atoms with van der Waals surface area (Å²) in [6.07, 6.45) is 2.62. The fourth-order valence-electron chi connectivity index (χ4n) is 2.49. The number of nitrogens with zero attached hydrogens (tertiary/aromatic N) is 3. The Morgan fingerprint density at radius 2 is 2.24 bits per heavy atom. The molecular formula is C12H19Br2N3. The average molecular weight is 365 g/mol. The lowest BCUT2D eigenvalue weighted by Gasteiger charge is -2.23. The van der Waals surface area contributed by atoms with Crippen LogP contribution in [0.4, 0.5) is 0 Å². The van der Waals surface area contributed by atoms with Gasteiger partial charge in [0.2, 0.25) is 0 Å². The lowest BCUT2D eigenvalue weighted by atomic mass is 10.2. The Kier molecular flexibility index (Phi) is 4.66. The van der Waals surface area contributed by atoms with Gasteiger partial charge in [0.25, 0.3) is 0 Å². The monoisotopic (exact) mass is 363 g/mol. The van der Waals surface area contributed by atoms with Crippen LogP contribution in [0.25, 0.3) is 0 Å². The second-order valence-corrected chi connectivity index (χ2v) is 6.02. The predicted molar refractivity (Wildman–Crippen MR) is 77.6 cm³/mol. The smallest absolute Gasteiger partial charge is 0.0739 e. The highest BCUT2D eigenvalue weighted by atomic mass is 79.9. The molecule has 0 amide bonds. The van der Waals surface area contributed by atoms with Crippen LogP contribution in [0.1, 0.15) is 31.2 Å². The normalized spacial score (nSPS) is 21.3. The summed E-state index contributed by atoms with van der Waals surface area (Å²) in [4.78, 5) is 2.56. The van der Waals surface area contributed by atoms with Gasteiger partial charge >= 0.3 is 0 Å². The molecule has 0 radical (unpaired) electrons. The Morgan fingerprint density at radius 1 is 1.47 bits per heavy atom. The van der Waals surface area contributed by atoms with Crippen molar-refractivity contribution in [2.24, 2.45) is 0 Å². The molecule has 1 unspecified atom stereocenters. The molecular weight excluding hydrogens is 346 g/mol. The van der Waals surface area contributed by atoms with Gasteiger partial charge in [0, 0.05) is 24.5 Å². The Balaban J connectivity index is 2.17. The van der Waals surface area contributed by atoms with E-state index >= 15 is 0 Å². The van der Waals surface area contributed by atoms with Crippen molar-refractivity contribution in [3.05, 3.63) is 15.9 Å². The van der Waals surface area contributed by atoms with E-state index in [1.165, 1.54) is 29.6 Å². The van der Waals surface area contributed by atoms with Crippen LogP contribution in [0.5, 0.6) is 0 Å². The fourth-order valence-corrected chi connectivity index (χ4v) is 3.63. The second kappa shape index (κ2) is 5.85. The first kappa shape index (κ1) is 13.6. The van der Waals surface area contributed by atoms with Crippen molar-refractivity contribution in [3.63, 3.8) is 0 Å². The predicted octanol–water partition coefficient (Wildman–Crippen LogP) is 3.33. The number of hydrogen-bond donors (Lipinski definition) is 0. The van der Waals surface area contributed by atoms with Gasteiger partial charge in [-0.3, -0.25) is 9.58 Å². The molecule has 1 aliphatic heterocycles. The minimum absolute atomic E-state index is 0.683. The Hall–Kier alpha value is 0.130. The molecule has 5 heteroatoms. The molecule has 3 nitrogen and oxygen atoms in total. The van der Waals surface area contributed by atoms with Crippen molar-refractivity contribution in [2.75, 3.05) is 11.9 Å². The third-order valence-corrected chi connectivity index (χ3v) is 5.26. The first-order chi connectivity index (χ1) is 8.17. The highest BCUT2D eigenvalue weighted by Crippen LogP contribution is 2.26. The van der Waals surface area contributed by atoms with Crippen LogP contribution in [0.2, 0.25) is 0 Å². The van der Waals surface area contributed by atoms with E-state index < -0.39 is 0 Å². The standard InChI is InChI=1S/C12H19Br2N3/c1-3-17-11(12(14)9(2)15-17)8-16-6-4-5-10(16)7-13/h10H,3-8H2,1-2H3. The zero-order valence-electron chi connectivity index (χ0n) is 10.4. The number of rotatable bonds is 4. The highest BCUT2D eigenvalue weighted by Gasteiger charge is 2.25. The average Bonchev–Trinajstić information content (AvgIpc) is 2.88. The van der Waals surface area contributed by atoms with E-state index in [0.717, 1.165) is 24.1 Å². The minimum atomic E-state index is 0.683. The van der Waals surface area contributed by atoms with Crippen LogP contribution >= 0.6 is 31.9 Å². The summed E-state index contributed by atoms with van der Waals surface area (Å²) in [6.45, 7) is 7.36. The molecule has 0 aromatic carbocycles. The third-order valence-electron chi connectivity index (χ3n) is 3.48. The summed E-state index contributed by atoms with van der Waals surface area (Å²) >= 11 is 7.28. The van der Waals surface area contributed by atoms with Crippen molar-refractivity contribution >= 4 is 31.9 Å². The Bertz CT molecular complexity index is 389. The molecule has 0 bridgehead atoms. The van der Waals surface area contributed by atoms with E-state index in [9.17, 15) is 0 Å². The molecule has 1 aromatic rings. The Labute approximate surface area is 120 Å². The summed E-state index contributed by atoms with van der Waals surface area (Å²) in [5, 5.41) is 5.63. The van der Waals surface area contributed by atoms with E-state index in [0.29, 0.717) is 6.04 Å². The van der Waals surface area contributed by atoms with Crippen LogP contribution in [0, 0.1) is 6.92 Å². The summed E-state index contributed by atoms with van der Waals surface area (Å²) in [5.41, 5.74) is 2.41. The van der Waals surface area contributed by atoms with Crippen molar-refractivity contribution in [1.29, 1.82) is 0 Å². The van der Waals surface area contributed by atoms with E-state index in [-0.39, 0.29) is 0 Å². The lowest BCUT2D eigenvalue weighted by molar-refractivity contribution is 0.256. The van der Waals surface area contributed by atoms with E-state index in [1.54, 1.807) is 0 Å². The van der Waals surface area contributed by atoms with Crippen molar-refractivity contribution < 1.29 is 0 Å². The van der Waals surface area contributed by atoms with Crippen LogP contribution in [0.3, 0.4) is 0 Å². The number of halogens is 2. The number of aryl methyl sites for hydroxylation is 2. The molecule has 1 atom stereocenters. The van der Waals surface area contributed by atoms with Gasteiger partial charge in [-0.1, -0.05) is 15.9 Å². The van der Waals surface area contributed by atoms with Crippen LogP contribution in [-0.2, 0) is 13.1 Å². The lowest BCUT2D eigenvalue weighted by Crippen LogP contribution is -2.31. The first-order valence-corrected chi connectivity index (χ1v) is 8.10. The number of likely N-dealkylation sites (tertiary alicyclic amines) is 1. The fraction of sp³-hybridized carbons (Fsp3) is 0.750. The van der Waals surface area contributed by atoms with Crippen LogP contribution in [-0.4, -0.2) is 32.6 Å². The third kappa shape index (κ3) is 2.76. The highest BCUT2D eigenvalue weighted by molar-refractivity contribution is 9.10. The molecule has 2 heterocycles. The number of aromatic nitrogens is 2. The van der Waals surface area contributed by atoms with Gasteiger partial charge in [-0.05, 0) is 49.2 Å². The van der Waals surface area contributed by atoms with E-state index in [4.69, 9.17) is 0 Å². The molecule has 96 valence electrons. The SMILES string of the molecule is CCn1nc(C)c(Br)c1CN1CCCC1CBr. The van der Waals surface area contributed by atoms with Gasteiger partial charge in [-0.25, -0.2) is 0 Å². The molecule has 2 rings (SSSR count). The topological polar surface area (TPSA) is 21.1 Å². The molecule has 0 aliphatic carbocycles. The maximum atomic E-state index is 4.55. The summed E-state index contributed by atoms with van der Waals surface area (Å²) in [7, 11) is 0. The van der Waals surface area contributed by atoms with Crippen molar-refractivity contribution in [3.8, 4) is 0 Å². The zero-order valence-corrected chi connectivity index (χ0v) is 13.6. The summed E-state index contributed by atoms with van der Waals surface area (Å²) < 4.78 is 3.29. The second-order valence-electron chi connectivity index (χ2n) is 4.58. The zero-order chi connectivity index (χ0) is 12.4. The van der Waals surface area contributed by atoms with Gasteiger partial charge in [-0.2, -0.15) is 5.10 Å². The largest absolute Gasteiger partial charge is 0.294 e. The molecule has 1 aromatic heterocycles. The molecule has 1 fully saturated rings. The quantitative estimate of drug-likeness (QED) is 0.764. The molecule has 1 saturated heterocycles. The van der Waals surface area contributed by atoms with E-state index in [2.05, 4.69) is 60.4 Å². The summed E-state index contributed by atoms with van der Waals surface area (Å²) in [6, 6.07) is 0.683. The molecule has 0 saturated carbocycles. The maximum absolute atomic E-state index is 4.55. The van der Waals surface area contributed by atoms with Crippen molar-refractivity contribution in [2.45, 2.75) is 45.8 Å². The van der Waals surface area contributed by atoms with Gasteiger partial charge < -0.3 is 0 Å². The van der Waals surface area contributed by atoms with Gasteiger partial charge in [0.1, 0.15) is 0 Å². The van der Waals surface area contributed by atoms with Gasteiger partial charge in [0.05, 0.1) is 15.9 Å². The van der Waals surface area contributed by atoms with Crippen LogP contribution in [0.15, 0.2) is 4.47 Å². The molecule has 0 N–H and O–H groups in total. The first-order valence-electron chi connectivity index (χ1n) is 6.19. The van der Waals surface area contributed by atoms with Gasteiger partial charge in [0.15, 0.2) is 0 Å². The van der Waals surface area contributed by atoms with Crippen molar-refractivity contribution in [1.82, 2.24) is 14.7 Å².